The Balaban J connectivity index is 2.40. The highest BCUT2D eigenvalue weighted by Gasteiger charge is 2.47. The lowest BCUT2D eigenvalue weighted by Crippen LogP contribution is -2.23. The van der Waals surface area contributed by atoms with Gasteiger partial charge in [-0.3, -0.25) is 4.79 Å². The van der Waals surface area contributed by atoms with Gasteiger partial charge < -0.3 is 0 Å². The van der Waals surface area contributed by atoms with Gasteiger partial charge in [0.1, 0.15) is 5.78 Å². The van der Waals surface area contributed by atoms with Crippen molar-refractivity contribution in [2.45, 2.75) is 26.7 Å². The Bertz CT molecular complexity index is 229. The van der Waals surface area contributed by atoms with Crippen LogP contribution in [0.5, 0.6) is 0 Å². The highest BCUT2D eigenvalue weighted by atomic mass is 16.1. The van der Waals surface area contributed by atoms with Crippen molar-refractivity contribution in [2.75, 3.05) is 0 Å². The summed E-state index contributed by atoms with van der Waals surface area (Å²) >= 11 is 0. The zero-order chi connectivity index (χ0) is 8.06. The third-order valence-corrected chi connectivity index (χ3v) is 3.29. The summed E-state index contributed by atoms with van der Waals surface area (Å²) in [6, 6.07) is 0. The first-order valence-electron chi connectivity index (χ1n) is 4.34. The maximum atomic E-state index is 11.7. The molecule has 2 rings (SSSR count). The van der Waals surface area contributed by atoms with E-state index in [1.54, 1.807) is 0 Å². The molecular weight excluding hydrogens is 136 g/mol. The molecule has 2 bridgehead atoms. The number of allylic oxidation sites excluding steroid dienone is 2. The van der Waals surface area contributed by atoms with Crippen molar-refractivity contribution >= 4 is 5.78 Å². The molecule has 0 aromatic carbocycles. The lowest BCUT2D eigenvalue weighted by molar-refractivity contribution is -0.127. The number of carbonyl (C=O) groups is 1. The second-order valence-corrected chi connectivity index (χ2v) is 4.21. The van der Waals surface area contributed by atoms with E-state index in [2.05, 4.69) is 26.0 Å². The molecule has 3 atom stereocenters. The van der Waals surface area contributed by atoms with Gasteiger partial charge in [0.25, 0.3) is 0 Å². The quantitative estimate of drug-likeness (QED) is 0.484. The van der Waals surface area contributed by atoms with Gasteiger partial charge in [0, 0.05) is 11.3 Å². The molecule has 0 aliphatic heterocycles. The third kappa shape index (κ3) is 0.800. The summed E-state index contributed by atoms with van der Waals surface area (Å²) in [6.45, 7) is 4.17. The van der Waals surface area contributed by atoms with Crippen LogP contribution in [0.1, 0.15) is 26.7 Å². The Kier molecular flexibility index (Phi) is 1.26. The van der Waals surface area contributed by atoms with Gasteiger partial charge in [-0.05, 0) is 18.8 Å². The first kappa shape index (κ1) is 7.08. The fourth-order valence-electron chi connectivity index (χ4n) is 2.46. The van der Waals surface area contributed by atoms with E-state index in [1.165, 1.54) is 0 Å². The highest BCUT2D eigenvalue weighted by molar-refractivity contribution is 5.89. The van der Waals surface area contributed by atoms with E-state index in [4.69, 9.17) is 0 Å². The molecule has 0 saturated heterocycles. The lowest BCUT2D eigenvalue weighted by atomic mass is 9.80. The van der Waals surface area contributed by atoms with E-state index < -0.39 is 0 Å². The Hall–Kier alpha value is -0.590. The molecule has 0 spiro atoms. The maximum absolute atomic E-state index is 11.7. The van der Waals surface area contributed by atoms with Crippen LogP contribution in [0.4, 0.5) is 0 Å². The molecule has 0 unspecified atom stereocenters. The van der Waals surface area contributed by atoms with E-state index in [-0.39, 0.29) is 11.3 Å². The maximum Gasteiger partial charge on any atom is 0.142 e. The first-order chi connectivity index (χ1) is 5.13. The second kappa shape index (κ2) is 1.96. The van der Waals surface area contributed by atoms with Crippen LogP contribution in [-0.2, 0) is 4.79 Å². The third-order valence-electron chi connectivity index (χ3n) is 3.29. The highest BCUT2D eigenvalue weighted by Crippen LogP contribution is 2.48. The number of ketones is 1. The summed E-state index contributed by atoms with van der Waals surface area (Å²) in [7, 11) is 0. The fourth-order valence-corrected chi connectivity index (χ4v) is 2.46. The van der Waals surface area contributed by atoms with Gasteiger partial charge in [-0.1, -0.05) is 26.0 Å². The lowest BCUT2D eigenvalue weighted by Gasteiger charge is -2.22. The largest absolute Gasteiger partial charge is 0.299 e. The first-order valence-corrected chi connectivity index (χ1v) is 4.34. The van der Waals surface area contributed by atoms with Gasteiger partial charge in [-0.2, -0.15) is 0 Å². The number of fused-ring (bicyclic) bond motifs is 2. The molecule has 11 heavy (non-hydrogen) atoms. The molecule has 2 aliphatic rings. The summed E-state index contributed by atoms with van der Waals surface area (Å²) in [4.78, 5) is 11.7. The summed E-state index contributed by atoms with van der Waals surface area (Å²) in [6.07, 6.45) is 6.45. The predicted molar refractivity (Wildman–Crippen MR) is 44.1 cm³/mol. The van der Waals surface area contributed by atoms with Crippen LogP contribution >= 0.6 is 0 Å². The molecule has 1 heteroatoms. The van der Waals surface area contributed by atoms with Crippen LogP contribution in [-0.4, -0.2) is 5.78 Å². The minimum Gasteiger partial charge on any atom is -0.299 e. The molecule has 0 N–H and O–H groups in total. The molecule has 0 radical (unpaired) electrons. The van der Waals surface area contributed by atoms with Crippen molar-refractivity contribution in [3.63, 3.8) is 0 Å². The van der Waals surface area contributed by atoms with Gasteiger partial charge >= 0.3 is 0 Å². The summed E-state index contributed by atoms with van der Waals surface area (Å²) in [5, 5.41) is 0. The van der Waals surface area contributed by atoms with Crippen molar-refractivity contribution < 1.29 is 4.79 Å². The number of hydrogen-bond acceptors (Lipinski definition) is 1. The Morgan fingerprint density at radius 1 is 1.64 bits per heavy atom. The van der Waals surface area contributed by atoms with Crippen LogP contribution in [0.25, 0.3) is 0 Å². The van der Waals surface area contributed by atoms with E-state index in [0.29, 0.717) is 11.7 Å². The summed E-state index contributed by atoms with van der Waals surface area (Å²) in [5.74, 6) is 1.30. The van der Waals surface area contributed by atoms with Crippen molar-refractivity contribution in [3.8, 4) is 0 Å². The molecule has 0 amide bonds. The zero-order valence-corrected chi connectivity index (χ0v) is 7.13. The minimum absolute atomic E-state index is 0.00116. The topological polar surface area (TPSA) is 17.1 Å². The molecule has 1 fully saturated rings. The van der Waals surface area contributed by atoms with Gasteiger partial charge in [0.2, 0.25) is 0 Å². The van der Waals surface area contributed by atoms with Crippen LogP contribution in [0, 0.1) is 17.3 Å². The number of Topliss-reactive ketones (excluding diaryl/α,β-unsaturated/α-hetero) is 1. The smallest absolute Gasteiger partial charge is 0.142 e. The van der Waals surface area contributed by atoms with Gasteiger partial charge in [0.15, 0.2) is 0 Å². The van der Waals surface area contributed by atoms with Crippen molar-refractivity contribution in [1.82, 2.24) is 0 Å². The fraction of sp³-hybridized carbons (Fsp3) is 0.700. The Labute approximate surface area is 67.5 Å². The molecule has 0 aromatic rings. The molecule has 0 aromatic heterocycles. The number of rotatable bonds is 0. The van der Waals surface area contributed by atoms with E-state index >= 15 is 0 Å². The SMILES string of the molecule is C[C@H]1C(=O)[C@]2(C)CC=C[C@H]1C2. The van der Waals surface area contributed by atoms with Gasteiger partial charge in [-0.15, -0.1) is 0 Å². The van der Waals surface area contributed by atoms with Gasteiger partial charge in [-0.25, -0.2) is 0 Å². The minimum atomic E-state index is -0.00116. The molecule has 0 heterocycles. The number of carbonyl (C=O) groups excluding carboxylic acids is 1. The van der Waals surface area contributed by atoms with Crippen LogP contribution in [0.3, 0.4) is 0 Å². The second-order valence-electron chi connectivity index (χ2n) is 4.21. The van der Waals surface area contributed by atoms with E-state index in [1.807, 2.05) is 0 Å². The summed E-state index contributed by atoms with van der Waals surface area (Å²) in [5.41, 5.74) is -0.00116. The monoisotopic (exact) mass is 150 g/mol. The van der Waals surface area contributed by atoms with E-state index in [9.17, 15) is 4.79 Å². The average molecular weight is 150 g/mol. The zero-order valence-electron chi connectivity index (χ0n) is 7.13. The molecule has 60 valence electrons. The summed E-state index contributed by atoms with van der Waals surface area (Å²) < 4.78 is 0. The van der Waals surface area contributed by atoms with Crippen molar-refractivity contribution in [1.29, 1.82) is 0 Å². The predicted octanol–water partition coefficient (Wildman–Crippen LogP) is 2.18. The van der Waals surface area contributed by atoms with Crippen LogP contribution < -0.4 is 0 Å². The molecule has 1 saturated carbocycles. The number of hydrogen-bond donors (Lipinski definition) is 0. The molecule has 2 aliphatic carbocycles. The molecule has 1 nitrogen and oxygen atoms in total. The van der Waals surface area contributed by atoms with Crippen LogP contribution in [0.2, 0.25) is 0 Å². The van der Waals surface area contributed by atoms with E-state index in [0.717, 1.165) is 12.8 Å². The Morgan fingerprint density at radius 2 is 2.36 bits per heavy atom. The Morgan fingerprint density at radius 3 is 2.91 bits per heavy atom. The standard InChI is InChI=1S/C10H14O/c1-7-8-4-3-5-10(2,6-8)9(7)11/h3-4,7-8H,5-6H2,1-2H3/t7-,8+,10-/m1/s1. The van der Waals surface area contributed by atoms with Gasteiger partial charge in [0.05, 0.1) is 0 Å². The molecular formula is C10H14O. The van der Waals surface area contributed by atoms with Crippen molar-refractivity contribution in [3.05, 3.63) is 12.2 Å². The van der Waals surface area contributed by atoms with Crippen LogP contribution in [0.15, 0.2) is 12.2 Å². The van der Waals surface area contributed by atoms with Crippen molar-refractivity contribution in [2.24, 2.45) is 17.3 Å². The average Bonchev–Trinajstić information content (AvgIpc) is 2.13. The normalized spacial score (nSPS) is 48.4.